The van der Waals surface area contributed by atoms with Gasteiger partial charge in [0.15, 0.2) is 5.76 Å². The van der Waals surface area contributed by atoms with Gasteiger partial charge in [-0.1, -0.05) is 23.4 Å². The highest BCUT2D eigenvalue weighted by atomic mass is 16.5. The molecule has 0 radical (unpaired) electrons. The Labute approximate surface area is 117 Å². The summed E-state index contributed by atoms with van der Waals surface area (Å²) in [5.41, 5.74) is 7.59. The Morgan fingerprint density at radius 1 is 1.10 bits per heavy atom. The van der Waals surface area contributed by atoms with E-state index >= 15 is 0 Å². The molecule has 3 aromatic rings. The summed E-state index contributed by atoms with van der Waals surface area (Å²) in [5.74, 6) is 1.54. The summed E-state index contributed by atoms with van der Waals surface area (Å²) in [6.45, 7) is 1.87. The Morgan fingerprint density at radius 3 is 2.55 bits per heavy atom. The zero-order valence-corrected chi connectivity index (χ0v) is 11.5. The van der Waals surface area contributed by atoms with Crippen molar-refractivity contribution < 1.29 is 9.26 Å². The first kappa shape index (κ1) is 12.7. The summed E-state index contributed by atoms with van der Waals surface area (Å²) < 4.78 is 10.5. The fraction of sp³-hybridized carbons (Fsp3) is 0.188. The van der Waals surface area contributed by atoms with Crippen molar-refractivity contribution in [2.24, 2.45) is 5.73 Å². The van der Waals surface area contributed by atoms with Crippen LogP contribution in [0.3, 0.4) is 0 Å². The van der Waals surface area contributed by atoms with E-state index < -0.39 is 0 Å². The minimum Gasteiger partial charge on any atom is -0.497 e. The first-order valence-electron chi connectivity index (χ1n) is 6.48. The molecule has 3 rings (SSSR count). The van der Waals surface area contributed by atoms with Gasteiger partial charge in [-0.25, -0.2) is 0 Å². The van der Waals surface area contributed by atoms with Gasteiger partial charge in [-0.15, -0.1) is 0 Å². The van der Waals surface area contributed by atoms with Crippen molar-refractivity contribution in [3.8, 4) is 17.0 Å². The monoisotopic (exact) mass is 268 g/mol. The quantitative estimate of drug-likeness (QED) is 0.789. The molecule has 0 aliphatic heterocycles. The van der Waals surface area contributed by atoms with Gasteiger partial charge in [-0.2, -0.15) is 0 Å². The molecule has 102 valence electrons. The molecule has 2 aromatic carbocycles. The fourth-order valence-corrected chi connectivity index (χ4v) is 2.15. The van der Waals surface area contributed by atoms with Gasteiger partial charge in [0, 0.05) is 11.6 Å². The number of rotatable bonds is 3. The molecule has 2 N–H and O–H groups in total. The largest absolute Gasteiger partial charge is 0.497 e. The van der Waals surface area contributed by atoms with Crippen LogP contribution in [0.4, 0.5) is 0 Å². The smallest absolute Gasteiger partial charge is 0.153 e. The minimum atomic E-state index is -0.152. The molecule has 0 fully saturated rings. The van der Waals surface area contributed by atoms with Gasteiger partial charge < -0.3 is 15.0 Å². The zero-order valence-electron chi connectivity index (χ0n) is 11.5. The highest BCUT2D eigenvalue weighted by molar-refractivity contribution is 5.87. The SMILES string of the molecule is COc1ccc2cc(-c3cc(C(C)N)on3)ccc2c1. The van der Waals surface area contributed by atoms with Crippen LogP contribution in [0.25, 0.3) is 22.0 Å². The number of aromatic nitrogens is 1. The van der Waals surface area contributed by atoms with Crippen LogP contribution in [0, 0.1) is 0 Å². The number of methoxy groups -OCH3 is 1. The van der Waals surface area contributed by atoms with Crippen molar-refractivity contribution in [1.29, 1.82) is 0 Å². The Morgan fingerprint density at radius 2 is 1.85 bits per heavy atom. The van der Waals surface area contributed by atoms with Crippen molar-refractivity contribution >= 4 is 10.8 Å². The maximum Gasteiger partial charge on any atom is 0.153 e. The van der Waals surface area contributed by atoms with Gasteiger partial charge in [-0.05, 0) is 35.9 Å². The molecule has 1 unspecified atom stereocenters. The molecule has 0 amide bonds. The predicted octanol–water partition coefficient (Wildman–Crippen LogP) is 3.52. The average Bonchev–Trinajstić information content (AvgIpc) is 2.96. The molecule has 0 aliphatic carbocycles. The maximum absolute atomic E-state index is 5.78. The van der Waals surface area contributed by atoms with Gasteiger partial charge in [-0.3, -0.25) is 0 Å². The first-order valence-corrected chi connectivity index (χ1v) is 6.48. The van der Waals surface area contributed by atoms with Crippen molar-refractivity contribution in [3.63, 3.8) is 0 Å². The van der Waals surface area contributed by atoms with Gasteiger partial charge in [0.25, 0.3) is 0 Å². The van der Waals surface area contributed by atoms with E-state index in [9.17, 15) is 0 Å². The van der Waals surface area contributed by atoms with Gasteiger partial charge in [0.1, 0.15) is 11.4 Å². The number of benzene rings is 2. The first-order chi connectivity index (χ1) is 9.67. The van der Waals surface area contributed by atoms with Crippen LogP contribution in [0.15, 0.2) is 47.0 Å². The molecule has 1 atom stereocenters. The summed E-state index contributed by atoms with van der Waals surface area (Å²) in [5, 5.41) is 6.33. The third kappa shape index (κ3) is 2.26. The second-order valence-electron chi connectivity index (χ2n) is 4.83. The third-order valence-corrected chi connectivity index (χ3v) is 3.32. The Bertz CT molecular complexity index is 747. The van der Waals surface area contributed by atoms with Crippen molar-refractivity contribution in [2.45, 2.75) is 13.0 Å². The second kappa shape index (κ2) is 4.98. The molecule has 0 spiro atoms. The minimum absolute atomic E-state index is 0.152. The van der Waals surface area contributed by atoms with Crippen LogP contribution < -0.4 is 10.5 Å². The van der Waals surface area contributed by atoms with E-state index in [1.54, 1.807) is 7.11 Å². The summed E-state index contributed by atoms with van der Waals surface area (Å²) in [4.78, 5) is 0. The van der Waals surface area contributed by atoms with E-state index in [2.05, 4.69) is 11.2 Å². The average molecular weight is 268 g/mol. The second-order valence-corrected chi connectivity index (χ2v) is 4.83. The van der Waals surface area contributed by atoms with Gasteiger partial charge in [0.2, 0.25) is 0 Å². The molecule has 4 nitrogen and oxygen atoms in total. The van der Waals surface area contributed by atoms with Crippen LogP contribution in [0.1, 0.15) is 18.7 Å². The van der Waals surface area contributed by atoms with Gasteiger partial charge >= 0.3 is 0 Å². The molecular formula is C16H16N2O2. The van der Waals surface area contributed by atoms with E-state index in [0.717, 1.165) is 27.8 Å². The molecule has 0 aliphatic rings. The predicted molar refractivity (Wildman–Crippen MR) is 78.6 cm³/mol. The number of hydrogen-bond acceptors (Lipinski definition) is 4. The third-order valence-electron chi connectivity index (χ3n) is 3.32. The van der Waals surface area contributed by atoms with E-state index in [1.165, 1.54) is 0 Å². The highest BCUT2D eigenvalue weighted by Crippen LogP contribution is 2.27. The van der Waals surface area contributed by atoms with Crippen molar-refractivity contribution in [3.05, 3.63) is 48.2 Å². The Kier molecular flexibility index (Phi) is 3.16. The molecule has 20 heavy (non-hydrogen) atoms. The molecule has 0 bridgehead atoms. The van der Waals surface area contributed by atoms with Crippen LogP contribution in [0.5, 0.6) is 5.75 Å². The summed E-state index contributed by atoms with van der Waals surface area (Å²) >= 11 is 0. The zero-order chi connectivity index (χ0) is 14.1. The molecule has 1 aromatic heterocycles. The van der Waals surface area contributed by atoms with E-state index in [4.69, 9.17) is 15.0 Å². The maximum atomic E-state index is 5.78. The lowest BCUT2D eigenvalue weighted by molar-refractivity contribution is 0.369. The summed E-state index contributed by atoms with van der Waals surface area (Å²) in [6, 6.07) is 13.9. The molecule has 0 saturated carbocycles. The number of hydrogen-bond donors (Lipinski definition) is 1. The molecule has 1 heterocycles. The number of fused-ring (bicyclic) bond motifs is 1. The standard InChI is InChI=1S/C16H16N2O2/c1-10(17)16-9-15(18-20-16)13-4-3-12-8-14(19-2)6-5-11(12)7-13/h3-10H,17H2,1-2H3. The highest BCUT2D eigenvalue weighted by Gasteiger charge is 2.10. The van der Waals surface area contributed by atoms with Gasteiger partial charge in [0.05, 0.1) is 13.2 Å². The van der Waals surface area contributed by atoms with Crippen LogP contribution >= 0.6 is 0 Å². The summed E-state index contributed by atoms with van der Waals surface area (Å²) in [6.07, 6.45) is 0. The van der Waals surface area contributed by atoms with Crippen LogP contribution in [-0.2, 0) is 0 Å². The van der Waals surface area contributed by atoms with Crippen molar-refractivity contribution in [2.75, 3.05) is 7.11 Å². The van der Waals surface area contributed by atoms with Crippen molar-refractivity contribution in [1.82, 2.24) is 5.16 Å². The van der Waals surface area contributed by atoms with E-state index in [1.807, 2.05) is 43.3 Å². The van der Waals surface area contributed by atoms with E-state index in [-0.39, 0.29) is 6.04 Å². The topological polar surface area (TPSA) is 61.3 Å². The lowest BCUT2D eigenvalue weighted by Gasteiger charge is -2.04. The lowest BCUT2D eigenvalue weighted by atomic mass is 10.0. The number of nitrogens with two attached hydrogens (primary N) is 1. The number of ether oxygens (including phenoxy) is 1. The molecule has 4 heteroatoms. The van der Waals surface area contributed by atoms with E-state index in [0.29, 0.717) is 5.76 Å². The lowest BCUT2D eigenvalue weighted by Crippen LogP contribution is -2.02. The molecule has 0 saturated heterocycles. The normalized spacial score (nSPS) is 12.6. The Balaban J connectivity index is 2.03. The molecular weight excluding hydrogens is 252 g/mol. The summed E-state index contributed by atoms with van der Waals surface area (Å²) in [7, 11) is 1.67. The Hall–Kier alpha value is -2.33. The number of nitrogens with zero attached hydrogens (tertiary/aromatic N) is 1. The van der Waals surface area contributed by atoms with Crippen LogP contribution in [0.2, 0.25) is 0 Å². The van der Waals surface area contributed by atoms with Crippen LogP contribution in [-0.4, -0.2) is 12.3 Å². The fourth-order valence-electron chi connectivity index (χ4n) is 2.15.